The van der Waals surface area contributed by atoms with E-state index in [4.69, 9.17) is 5.11 Å². The average Bonchev–Trinajstić information content (AvgIpc) is 2.59. The molecule has 0 saturated carbocycles. The van der Waals surface area contributed by atoms with Gasteiger partial charge in [-0.25, -0.2) is 0 Å². The molecule has 2 rings (SSSR count). The molecule has 0 fully saturated rings. The van der Waals surface area contributed by atoms with Crippen LogP contribution in [0.4, 0.5) is 0 Å². The number of hydrogen-bond acceptors (Lipinski definition) is 3. The predicted molar refractivity (Wildman–Crippen MR) is 90.7 cm³/mol. The van der Waals surface area contributed by atoms with Gasteiger partial charge in [0.15, 0.2) is 0 Å². The molecule has 1 atom stereocenters. The van der Waals surface area contributed by atoms with Crippen LogP contribution in [0.25, 0.3) is 0 Å². The van der Waals surface area contributed by atoms with Crippen molar-refractivity contribution in [3.63, 3.8) is 0 Å². The number of carbonyl (C=O) groups is 2. The molecule has 0 bridgehead atoms. The lowest BCUT2D eigenvalue weighted by Crippen LogP contribution is -2.53. The van der Waals surface area contributed by atoms with Gasteiger partial charge in [0, 0.05) is 19.4 Å². The number of carboxylic acid groups (broad SMARTS) is 2. The average molecular weight is 327 g/mol. The van der Waals surface area contributed by atoms with E-state index in [0.717, 1.165) is 11.1 Å². The highest BCUT2D eigenvalue weighted by Crippen LogP contribution is 2.21. The van der Waals surface area contributed by atoms with Crippen molar-refractivity contribution in [3.05, 3.63) is 71.8 Å². The Morgan fingerprint density at radius 2 is 1.42 bits per heavy atom. The number of carboxylic acids is 2. The largest absolute Gasteiger partial charge is 0.481 e. The number of hydrogen-bond donors (Lipinski definition) is 3. The molecule has 0 spiro atoms. The Hall–Kier alpha value is -2.66. The van der Waals surface area contributed by atoms with Gasteiger partial charge in [0.05, 0.1) is 0 Å². The van der Waals surface area contributed by atoms with Crippen LogP contribution in [-0.4, -0.2) is 27.7 Å². The maximum Gasteiger partial charge on any atom is 0.324 e. The van der Waals surface area contributed by atoms with Crippen LogP contribution < -0.4 is 5.32 Å². The van der Waals surface area contributed by atoms with E-state index < -0.39 is 17.5 Å². The Morgan fingerprint density at radius 3 is 1.92 bits per heavy atom. The standard InChI is InChI=1S/C19H21NO4/c21-17(22)11-12-19(18(23)24,13-15-7-3-1-4-8-15)20-14-16-9-5-2-6-10-16/h1-10,20H,11-14H2,(H,21,22)(H,23,24)/t19-/m1/s1. The van der Waals surface area contributed by atoms with Crippen molar-refractivity contribution in [1.29, 1.82) is 0 Å². The molecule has 2 aromatic carbocycles. The Bertz CT molecular complexity index is 672. The fourth-order valence-electron chi connectivity index (χ4n) is 2.63. The van der Waals surface area contributed by atoms with E-state index in [-0.39, 0.29) is 19.3 Å². The summed E-state index contributed by atoms with van der Waals surface area (Å²) in [6.07, 6.45) is 0.0314. The molecule has 0 saturated heterocycles. The molecule has 0 aliphatic carbocycles. The third-order valence-corrected chi connectivity index (χ3v) is 4.00. The zero-order valence-electron chi connectivity index (χ0n) is 13.3. The van der Waals surface area contributed by atoms with E-state index in [1.54, 1.807) is 0 Å². The van der Waals surface area contributed by atoms with E-state index in [0.29, 0.717) is 6.54 Å². The fourth-order valence-corrected chi connectivity index (χ4v) is 2.63. The molecule has 5 nitrogen and oxygen atoms in total. The lowest BCUT2D eigenvalue weighted by atomic mass is 9.86. The summed E-state index contributed by atoms with van der Waals surface area (Å²) < 4.78 is 0. The highest BCUT2D eigenvalue weighted by Gasteiger charge is 2.38. The molecule has 3 N–H and O–H groups in total. The molecule has 2 aromatic rings. The van der Waals surface area contributed by atoms with Gasteiger partial charge in [-0.1, -0.05) is 60.7 Å². The van der Waals surface area contributed by atoms with Crippen LogP contribution in [0.1, 0.15) is 24.0 Å². The van der Waals surface area contributed by atoms with Crippen molar-refractivity contribution < 1.29 is 19.8 Å². The van der Waals surface area contributed by atoms with Gasteiger partial charge in [-0.05, 0) is 17.5 Å². The third-order valence-electron chi connectivity index (χ3n) is 4.00. The van der Waals surface area contributed by atoms with Crippen molar-refractivity contribution in [3.8, 4) is 0 Å². The molecule has 0 heterocycles. The van der Waals surface area contributed by atoms with Gasteiger partial charge in [0.1, 0.15) is 5.54 Å². The normalized spacial score (nSPS) is 13.2. The second-order valence-corrected chi connectivity index (χ2v) is 5.78. The van der Waals surface area contributed by atoms with Gasteiger partial charge < -0.3 is 10.2 Å². The molecule has 0 radical (unpaired) electrons. The Kier molecular flexibility index (Phi) is 6.09. The first-order valence-electron chi connectivity index (χ1n) is 7.80. The van der Waals surface area contributed by atoms with Crippen molar-refractivity contribution in [2.75, 3.05) is 0 Å². The summed E-state index contributed by atoms with van der Waals surface area (Å²) in [6, 6.07) is 18.7. The van der Waals surface area contributed by atoms with Crippen LogP contribution in [0.3, 0.4) is 0 Å². The van der Waals surface area contributed by atoms with Crippen LogP contribution in [0.5, 0.6) is 0 Å². The van der Waals surface area contributed by atoms with E-state index in [2.05, 4.69) is 5.32 Å². The summed E-state index contributed by atoms with van der Waals surface area (Å²) in [4.78, 5) is 23.0. The van der Waals surface area contributed by atoms with Crippen LogP contribution in [0.2, 0.25) is 0 Å². The molecule has 0 unspecified atom stereocenters. The summed E-state index contributed by atoms with van der Waals surface area (Å²) >= 11 is 0. The second kappa shape index (κ2) is 8.26. The summed E-state index contributed by atoms with van der Waals surface area (Å²) in [5.41, 5.74) is 0.479. The third kappa shape index (κ3) is 4.93. The summed E-state index contributed by atoms with van der Waals surface area (Å²) in [5, 5.41) is 21.9. The van der Waals surface area contributed by atoms with E-state index in [1.807, 2.05) is 60.7 Å². The molecular formula is C19H21NO4. The first kappa shape index (κ1) is 17.7. The monoisotopic (exact) mass is 327 g/mol. The first-order chi connectivity index (χ1) is 11.5. The Morgan fingerprint density at radius 1 is 0.875 bits per heavy atom. The van der Waals surface area contributed by atoms with Crippen molar-refractivity contribution in [1.82, 2.24) is 5.32 Å². The van der Waals surface area contributed by atoms with Crippen molar-refractivity contribution >= 4 is 11.9 Å². The maximum atomic E-state index is 12.0. The molecule has 5 heteroatoms. The summed E-state index contributed by atoms with van der Waals surface area (Å²) in [6.45, 7) is 0.361. The minimum Gasteiger partial charge on any atom is -0.481 e. The molecule has 0 aliphatic heterocycles. The quantitative estimate of drug-likeness (QED) is 0.659. The van der Waals surface area contributed by atoms with E-state index >= 15 is 0 Å². The predicted octanol–water partition coefficient (Wildman–Crippen LogP) is 2.71. The van der Waals surface area contributed by atoms with Crippen LogP contribution in [0.15, 0.2) is 60.7 Å². The van der Waals surface area contributed by atoms with Crippen LogP contribution >= 0.6 is 0 Å². The first-order valence-corrected chi connectivity index (χ1v) is 7.80. The highest BCUT2D eigenvalue weighted by molar-refractivity contribution is 5.80. The number of nitrogens with one attached hydrogen (secondary N) is 1. The minimum atomic E-state index is -1.32. The van der Waals surface area contributed by atoms with Crippen molar-refractivity contribution in [2.24, 2.45) is 0 Å². The summed E-state index contributed by atoms with van der Waals surface area (Å²) in [7, 11) is 0. The van der Waals surface area contributed by atoms with Gasteiger partial charge in [0.25, 0.3) is 0 Å². The molecule has 24 heavy (non-hydrogen) atoms. The smallest absolute Gasteiger partial charge is 0.324 e. The van der Waals surface area contributed by atoms with E-state index in [1.165, 1.54) is 0 Å². The van der Waals surface area contributed by atoms with Gasteiger partial charge in [-0.3, -0.25) is 14.9 Å². The zero-order chi connectivity index (χ0) is 17.4. The van der Waals surface area contributed by atoms with E-state index in [9.17, 15) is 14.7 Å². The lowest BCUT2D eigenvalue weighted by Gasteiger charge is -2.31. The maximum absolute atomic E-state index is 12.0. The van der Waals surface area contributed by atoms with Crippen LogP contribution in [0, 0.1) is 0 Å². The molecule has 0 aromatic heterocycles. The lowest BCUT2D eigenvalue weighted by molar-refractivity contribution is -0.146. The topological polar surface area (TPSA) is 86.6 Å². The minimum absolute atomic E-state index is 0.0133. The molecule has 0 aliphatic rings. The Labute approximate surface area is 141 Å². The SMILES string of the molecule is O=C(O)CC[C@](Cc1ccccc1)(NCc1ccccc1)C(=O)O. The highest BCUT2D eigenvalue weighted by atomic mass is 16.4. The number of rotatable bonds is 9. The Balaban J connectivity index is 2.22. The van der Waals surface area contributed by atoms with Gasteiger partial charge in [-0.2, -0.15) is 0 Å². The molecule has 0 amide bonds. The van der Waals surface area contributed by atoms with Crippen molar-refractivity contribution in [2.45, 2.75) is 31.3 Å². The fraction of sp³-hybridized carbons (Fsp3) is 0.263. The molecule has 126 valence electrons. The zero-order valence-corrected chi connectivity index (χ0v) is 13.3. The molecular weight excluding hydrogens is 306 g/mol. The summed E-state index contributed by atoms with van der Waals surface area (Å²) in [5.74, 6) is -2.04. The van der Waals surface area contributed by atoms with Gasteiger partial charge >= 0.3 is 11.9 Å². The van der Waals surface area contributed by atoms with Crippen LogP contribution in [-0.2, 0) is 22.6 Å². The number of benzene rings is 2. The van der Waals surface area contributed by atoms with Gasteiger partial charge in [0.2, 0.25) is 0 Å². The number of aliphatic carboxylic acids is 2. The van der Waals surface area contributed by atoms with Gasteiger partial charge in [-0.15, -0.1) is 0 Å². The second-order valence-electron chi connectivity index (χ2n) is 5.78.